The predicted molar refractivity (Wildman–Crippen MR) is 78.7 cm³/mol. The molecule has 0 bridgehead atoms. The fourth-order valence-corrected chi connectivity index (χ4v) is 2.23. The number of aliphatic hydroxyl groups excluding tert-OH is 1. The minimum absolute atomic E-state index is 0.226. The second-order valence-electron chi connectivity index (χ2n) is 4.57. The molecule has 0 aliphatic heterocycles. The number of aryl methyl sites for hydroxylation is 1. The number of nitrogens with one attached hydrogen (secondary N) is 1. The summed E-state index contributed by atoms with van der Waals surface area (Å²) in [6, 6.07) is 8.63. The van der Waals surface area contributed by atoms with Crippen molar-refractivity contribution in [3.05, 3.63) is 63.6 Å². The first-order valence-electron chi connectivity index (χ1n) is 6.09. The van der Waals surface area contributed by atoms with Crippen LogP contribution in [0.25, 0.3) is 0 Å². The van der Waals surface area contributed by atoms with E-state index >= 15 is 0 Å². The van der Waals surface area contributed by atoms with Gasteiger partial charge >= 0.3 is 0 Å². The van der Waals surface area contributed by atoms with Crippen LogP contribution in [-0.2, 0) is 0 Å². The number of benzene rings is 2. The number of hydrogen-bond acceptors (Lipinski definition) is 2. The Kier molecular flexibility index (Phi) is 4.73. The number of hydrogen-bond donors (Lipinski definition) is 2. The normalized spacial score (nSPS) is 12.2. The Morgan fingerprint density at radius 3 is 2.55 bits per heavy atom. The largest absolute Gasteiger partial charge is 0.394 e. The van der Waals surface area contributed by atoms with Crippen LogP contribution in [-0.4, -0.2) is 11.7 Å². The summed E-state index contributed by atoms with van der Waals surface area (Å²) in [6.07, 6.45) is 0. The Labute approximate surface area is 124 Å². The van der Waals surface area contributed by atoms with Crippen molar-refractivity contribution in [2.24, 2.45) is 0 Å². The molecular formula is C15H14BrF2NO. The fourth-order valence-electron chi connectivity index (χ4n) is 1.98. The van der Waals surface area contributed by atoms with Gasteiger partial charge in [-0.15, -0.1) is 0 Å². The van der Waals surface area contributed by atoms with Gasteiger partial charge in [-0.2, -0.15) is 0 Å². The predicted octanol–water partition coefficient (Wildman–Crippen LogP) is 4.18. The molecule has 2 aromatic carbocycles. The van der Waals surface area contributed by atoms with Crippen molar-refractivity contribution >= 4 is 21.6 Å². The standard InChI is InChI=1S/C15H14BrF2NO/c1-9-4-11(17)7-12(5-9)19-15(8-20)10-2-3-13(16)14(18)6-10/h2-7,15,19-20H,8H2,1H3. The zero-order valence-corrected chi connectivity index (χ0v) is 12.4. The number of halogens is 3. The highest BCUT2D eigenvalue weighted by Crippen LogP contribution is 2.24. The van der Waals surface area contributed by atoms with Crippen molar-refractivity contribution in [3.63, 3.8) is 0 Å². The van der Waals surface area contributed by atoms with E-state index in [4.69, 9.17) is 0 Å². The molecule has 0 amide bonds. The topological polar surface area (TPSA) is 32.3 Å². The van der Waals surface area contributed by atoms with Crippen LogP contribution in [0, 0.1) is 18.6 Å². The molecule has 1 atom stereocenters. The van der Waals surface area contributed by atoms with Crippen LogP contribution < -0.4 is 5.32 Å². The highest BCUT2D eigenvalue weighted by Gasteiger charge is 2.13. The zero-order valence-electron chi connectivity index (χ0n) is 10.8. The molecule has 5 heteroatoms. The van der Waals surface area contributed by atoms with Crippen LogP contribution in [0.2, 0.25) is 0 Å². The maximum Gasteiger partial charge on any atom is 0.137 e. The smallest absolute Gasteiger partial charge is 0.137 e. The summed E-state index contributed by atoms with van der Waals surface area (Å²) in [6.45, 7) is 1.55. The zero-order chi connectivity index (χ0) is 14.7. The van der Waals surface area contributed by atoms with Gasteiger partial charge in [0.2, 0.25) is 0 Å². The molecule has 0 saturated carbocycles. The molecule has 0 radical (unpaired) electrons. The maximum atomic E-state index is 13.5. The minimum Gasteiger partial charge on any atom is -0.394 e. The van der Waals surface area contributed by atoms with Gasteiger partial charge in [0, 0.05) is 5.69 Å². The van der Waals surface area contributed by atoms with Gasteiger partial charge in [0.05, 0.1) is 17.1 Å². The summed E-state index contributed by atoms with van der Waals surface area (Å²) < 4.78 is 27.2. The van der Waals surface area contributed by atoms with Crippen molar-refractivity contribution in [1.29, 1.82) is 0 Å². The molecule has 0 fully saturated rings. The van der Waals surface area contributed by atoms with E-state index in [-0.39, 0.29) is 12.4 Å². The van der Waals surface area contributed by atoms with Crippen molar-refractivity contribution in [2.75, 3.05) is 11.9 Å². The van der Waals surface area contributed by atoms with Crippen LogP contribution in [0.3, 0.4) is 0 Å². The minimum atomic E-state index is -0.501. The van der Waals surface area contributed by atoms with Crippen molar-refractivity contribution in [1.82, 2.24) is 0 Å². The summed E-state index contributed by atoms with van der Waals surface area (Å²) in [5, 5.41) is 12.5. The monoisotopic (exact) mass is 341 g/mol. The molecule has 0 aliphatic rings. The first-order valence-corrected chi connectivity index (χ1v) is 6.88. The number of rotatable bonds is 4. The lowest BCUT2D eigenvalue weighted by Gasteiger charge is -2.19. The van der Waals surface area contributed by atoms with E-state index in [0.717, 1.165) is 5.56 Å². The quantitative estimate of drug-likeness (QED) is 0.874. The summed E-state index contributed by atoms with van der Waals surface area (Å²) in [5.74, 6) is -0.760. The van der Waals surface area contributed by atoms with E-state index in [0.29, 0.717) is 15.7 Å². The van der Waals surface area contributed by atoms with Gasteiger partial charge in [-0.25, -0.2) is 8.78 Å². The Bertz CT molecular complexity index is 599. The van der Waals surface area contributed by atoms with Crippen molar-refractivity contribution in [2.45, 2.75) is 13.0 Å². The van der Waals surface area contributed by atoms with Crippen LogP contribution >= 0.6 is 15.9 Å². The van der Waals surface area contributed by atoms with Crippen LogP contribution in [0.5, 0.6) is 0 Å². The summed E-state index contributed by atoms with van der Waals surface area (Å²) in [4.78, 5) is 0. The van der Waals surface area contributed by atoms with Gasteiger partial charge in [0.25, 0.3) is 0 Å². The van der Waals surface area contributed by atoms with Gasteiger partial charge in [0.15, 0.2) is 0 Å². The van der Waals surface area contributed by atoms with E-state index in [1.54, 1.807) is 25.1 Å². The van der Waals surface area contributed by atoms with Gasteiger partial charge in [0.1, 0.15) is 11.6 Å². The Hall–Kier alpha value is -1.46. The molecule has 0 saturated heterocycles. The molecule has 2 rings (SSSR count). The maximum absolute atomic E-state index is 13.5. The molecule has 0 aromatic heterocycles. The lowest BCUT2D eigenvalue weighted by Crippen LogP contribution is -2.15. The second-order valence-corrected chi connectivity index (χ2v) is 5.42. The number of aliphatic hydroxyl groups is 1. The van der Waals surface area contributed by atoms with Gasteiger partial charge in [-0.3, -0.25) is 0 Å². The lowest BCUT2D eigenvalue weighted by molar-refractivity contribution is 0.276. The summed E-state index contributed by atoms with van der Waals surface area (Å²) in [5.41, 5.74) is 1.91. The van der Waals surface area contributed by atoms with E-state index < -0.39 is 11.9 Å². The Balaban J connectivity index is 2.26. The molecule has 0 spiro atoms. The average Bonchev–Trinajstić information content (AvgIpc) is 2.38. The third-order valence-electron chi connectivity index (χ3n) is 2.91. The SMILES string of the molecule is Cc1cc(F)cc(NC(CO)c2ccc(Br)c(F)c2)c1. The van der Waals surface area contributed by atoms with Gasteiger partial charge < -0.3 is 10.4 Å². The first kappa shape index (κ1) is 14.9. The second kappa shape index (κ2) is 6.33. The van der Waals surface area contributed by atoms with Crippen LogP contribution in [0.4, 0.5) is 14.5 Å². The van der Waals surface area contributed by atoms with Crippen LogP contribution in [0.1, 0.15) is 17.2 Å². The molecule has 2 N–H and O–H groups in total. The fraction of sp³-hybridized carbons (Fsp3) is 0.200. The average molecular weight is 342 g/mol. The van der Waals surface area contributed by atoms with E-state index in [1.165, 1.54) is 18.2 Å². The summed E-state index contributed by atoms with van der Waals surface area (Å²) >= 11 is 3.08. The van der Waals surface area contributed by atoms with Crippen LogP contribution in [0.15, 0.2) is 40.9 Å². The third kappa shape index (κ3) is 3.55. The van der Waals surface area contributed by atoms with Gasteiger partial charge in [-0.05, 0) is 64.3 Å². The Morgan fingerprint density at radius 2 is 1.95 bits per heavy atom. The lowest BCUT2D eigenvalue weighted by atomic mass is 10.1. The Morgan fingerprint density at radius 1 is 1.20 bits per heavy atom. The molecule has 2 nitrogen and oxygen atoms in total. The summed E-state index contributed by atoms with van der Waals surface area (Å²) in [7, 11) is 0. The molecule has 0 aliphatic carbocycles. The molecule has 2 aromatic rings. The molecule has 106 valence electrons. The third-order valence-corrected chi connectivity index (χ3v) is 3.55. The van der Waals surface area contributed by atoms with E-state index in [9.17, 15) is 13.9 Å². The molecular weight excluding hydrogens is 328 g/mol. The number of anilines is 1. The van der Waals surface area contributed by atoms with Crippen molar-refractivity contribution in [3.8, 4) is 0 Å². The van der Waals surface area contributed by atoms with Crippen molar-refractivity contribution < 1.29 is 13.9 Å². The molecule has 1 unspecified atom stereocenters. The van der Waals surface area contributed by atoms with Gasteiger partial charge in [-0.1, -0.05) is 6.07 Å². The van der Waals surface area contributed by atoms with E-state index in [2.05, 4.69) is 21.2 Å². The highest BCUT2D eigenvalue weighted by atomic mass is 79.9. The van der Waals surface area contributed by atoms with E-state index in [1.807, 2.05) is 0 Å². The molecule has 20 heavy (non-hydrogen) atoms. The first-order chi connectivity index (χ1) is 9.49. The molecule has 0 heterocycles. The highest BCUT2D eigenvalue weighted by molar-refractivity contribution is 9.10.